The van der Waals surface area contributed by atoms with Gasteiger partial charge in [0.15, 0.2) is 0 Å². The summed E-state index contributed by atoms with van der Waals surface area (Å²) in [6, 6.07) is 18.7. The molecule has 166 valence electrons. The largest absolute Gasteiger partial charge is 0.456 e. The van der Waals surface area contributed by atoms with Gasteiger partial charge >= 0.3 is 0 Å². The van der Waals surface area contributed by atoms with Gasteiger partial charge in [0.2, 0.25) is 0 Å². The normalized spacial score (nSPS) is 10.5. The first kappa shape index (κ1) is 23.1. The molecule has 1 amide bonds. The van der Waals surface area contributed by atoms with Crippen LogP contribution in [0.25, 0.3) is 6.08 Å². The smallest absolute Gasteiger partial charge is 0.271 e. The number of rotatable bonds is 7. The van der Waals surface area contributed by atoms with E-state index in [1.165, 1.54) is 48.5 Å². The fourth-order valence-electron chi connectivity index (χ4n) is 2.81. The van der Waals surface area contributed by atoms with Crippen LogP contribution >= 0.6 is 0 Å². The Morgan fingerprint density at radius 3 is 2.32 bits per heavy atom. The molecule has 0 radical (unpaired) electrons. The van der Waals surface area contributed by atoms with Crippen molar-refractivity contribution >= 4 is 29.0 Å². The van der Waals surface area contributed by atoms with Crippen LogP contribution in [0.2, 0.25) is 0 Å². The lowest BCUT2D eigenvalue weighted by molar-refractivity contribution is -0.385. The summed E-state index contributed by atoms with van der Waals surface area (Å²) in [5.74, 6) is -0.412. The van der Waals surface area contributed by atoms with E-state index in [2.05, 4.69) is 5.32 Å². The van der Waals surface area contributed by atoms with Crippen molar-refractivity contribution in [2.45, 2.75) is 0 Å². The van der Waals surface area contributed by atoms with Crippen molar-refractivity contribution in [3.63, 3.8) is 0 Å². The Hall–Kier alpha value is -5.55. The highest BCUT2D eigenvalue weighted by Crippen LogP contribution is 2.29. The van der Waals surface area contributed by atoms with Gasteiger partial charge in [-0.05, 0) is 35.9 Å². The first-order valence-electron chi connectivity index (χ1n) is 9.45. The molecule has 0 aromatic heterocycles. The summed E-state index contributed by atoms with van der Waals surface area (Å²) in [5, 5.41) is 42.9. The molecule has 1 N–H and O–H groups in total. The standard InChI is InChI=1S/C23H13N5O6/c24-13-16-11-20(28(32)33)7-8-22(16)34-21-6-1-3-15(10-21)9-17(14-25)23(29)26-18-4-2-5-19(12-18)27(30)31/h1-12H,(H,26,29)/b17-9+. The molecule has 0 atom stereocenters. The van der Waals surface area contributed by atoms with Crippen molar-refractivity contribution in [1.82, 2.24) is 0 Å². The maximum atomic E-state index is 12.5. The van der Waals surface area contributed by atoms with Gasteiger partial charge in [-0.1, -0.05) is 18.2 Å². The Balaban J connectivity index is 1.82. The third-order valence-corrected chi connectivity index (χ3v) is 4.37. The van der Waals surface area contributed by atoms with Gasteiger partial charge in [0.1, 0.15) is 34.8 Å². The Morgan fingerprint density at radius 2 is 1.65 bits per heavy atom. The van der Waals surface area contributed by atoms with Gasteiger partial charge in [-0.25, -0.2) is 0 Å². The molecule has 34 heavy (non-hydrogen) atoms. The maximum Gasteiger partial charge on any atom is 0.271 e. The molecule has 0 fully saturated rings. The van der Waals surface area contributed by atoms with Crippen LogP contribution in [0.15, 0.2) is 72.3 Å². The number of carbonyl (C=O) groups excluding carboxylic acids is 1. The summed E-state index contributed by atoms with van der Waals surface area (Å²) in [6.45, 7) is 0. The Morgan fingerprint density at radius 1 is 0.941 bits per heavy atom. The molecule has 0 bridgehead atoms. The Labute approximate surface area is 192 Å². The summed E-state index contributed by atoms with van der Waals surface area (Å²) in [4.78, 5) is 33.0. The molecular formula is C23H13N5O6. The van der Waals surface area contributed by atoms with Gasteiger partial charge in [0.25, 0.3) is 17.3 Å². The van der Waals surface area contributed by atoms with Crippen molar-refractivity contribution < 1.29 is 19.4 Å². The van der Waals surface area contributed by atoms with Gasteiger partial charge in [-0.15, -0.1) is 0 Å². The van der Waals surface area contributed by atoms with Gasteiger partial charge in [0, 0.05) is 30.0 Å². The highest BCUT2D eigenvalue weighted by molar-refractivity contribution is 6.09. The Bertz CT molecular complexity index is 1420. The molecule has 3 rings (SSSR count). The quantitative estimate of drug-likeness (QED) is 0.231. The maximum absolute atomic E-state index is 12.5. The SMILES string of the molecule is N#C/C(=C\c1cccc(Oc2ccc([N+](=O)[O-])cc2C#N)c1)C(=O)Nc1cccc([N+](=O)[O-])c1. The minimum Gasteiger partial charge on any atom is -0.456 e. The van der Waals surface area contributed by atoms with Gasteiger partial charge in [-0.3, -0.25) is 25.0 Å². The number of nitrogens with one attached hydrogen (secondary N) is 1. The molecule has 11 heteroatoms. The van der Waals surface area contributed by atoms with E-state index in [0.29, 0.717) is 5.56 Å². The van der Waals surface area contributed by atoms with Crippen molar-refractivity contribution in [2.24, 2.45) is 0 Å². The number of nitrogens with zero attached hydrogens (tertiary/aromatic N) is 4. The zero-order valence-electron chi connectivity index (χ0n) is 17.2. The second-order valence-corrected chi connectivity index (χ2v) is 6.66. The molecule has 3 aromatic carbocycles. The number of amides is 1. The lowest BCUT2D eigenvalue weighted by Gasteiger charge is -2.08. The van der Waals surface area contributed by atoms with Crippen molar-refractivity contribution in [3.05, 3.63) is 104 Å². The molecule has 0 saturated heterocycles. The molecular weight excluding hydrogens is 442 g/mol. The number of nitro groups is 2. The highest BCUT2D eigenvalue weighted by atomic mass is 16.6. The topological polar surface area (TPSA) is 172 Å². The molecule has 0 heterocycles. The molecule has 0 aliphatic heterocycles. The number of anilines is 1. The van der Waals surface area contributed by atoms with E-state index in [4.69, 9.17) is 4.74 Å². The van der Waals surface area contributed by atoms with Gasteiger partial charge in [-0.2, -0.15) is 10.5 Å². The predicted octanol–water partition coefficient (Wildman–Crippen LogP) is 4.71. The van der Waals surface area contributed by atoms with Crippen molar-refractivity contribution in [3.8, 4) is 23.6 Å². The van der Waals surface area contributed by atoms with E-state index < -0.39 is 15.8 Å². The number of nitro benzene ring substituents is 2. The first-order valence-corrected chi connectivity index (χ1v) is 9.45. The lowest BCUT2D eigenvalue weighted by atomic mass is 10.1. The summed E-state index contributed by atoms with van der Waals surface area (Å²) in [6.07, 6.45) is 1.29. The zero-order chi connectivity index (χ0) is 24.7. The Kier molecular flexibility index (Phi) is 6.92. The summed E-state index contributed by atoms with van der Waals surface area (Å²) in [5.41, 5.74) is -0.202. The molecule has 0 saturated carbocycles. The molecule has 11 nitrogen and oxygen atoms in total. The van der Waals surface area contributed by atoms with Crippen LogP contribution in [0.3, 0.4) is 0 Å². The molecule has 0 spiro atoms. The number of nitriles is 2. The van der Waals surface area contributed by atoms with Crippen LogP contribution in [0.4, 0.5) is 17.1 Å². The zero-order valence-corrected chi connectivity index (χ0v) is 17.2. The van der Waals surface area contributed by atoms with Crippen LogP contribution in [-0.4, -0.2) is 15.8 Å². The average molecular weight is 455 g/mol. The summed E-state index contributed by atoms with van der Waals surface area (Å²) in [7, 11) is 0. The van der Waals surface area contributed by atoms with Crippen molar-refractivity contribution in [2.75, 3.05) is 5.32 Å². The number of hydrogen-bond acceptors (Lipinski definition) is 8. The van der Waals surface area contributed by atoms with Crippen molar-refractivity contribution in [1.29, 1.82) is 10.5 Å². The van der Waals surface area contributed by atoms with Crippen LogP contribution in [0.1, 0.15) is 11.1 Å². The number of benzene rings is 3. The minimum absolute atomic E-state index is 0.0378. The van der Waals surface area contributed by atoms with E-state index in [9.17, 15) is 35.5 Å². The van der Waals surface area contributed by atoms with E-state index >= 15 is 0 Å². The van der Waals surface area contributed by atoms with Crippen LogP contribution in [0.5, 0.6) is 11.5 Å². The van der Waals surface area contributed by atoms with Gasteiger partial charge in [0.05, 0.1) is 9.85 Å². The molecule has 3 aromatic rings. The number of non-ortho nitro benzene ring substituents is 2. The average Bonchev–Trinajstić information content (AvgIpc) is 2.83. The van der Waals surface area contributed by atoms with E-state index in [0.717, 1.165) is 6.07 Å². The number of carbonyl (C=O) groups is 1. The lowest BCUT2D eigenvalue weighted by Crippen LogP contribution is -2.13. The predicted molar refractivity (Wildman–Crippen MR) is 120 cm³/mol. The van der Waals surface area contributed by atoms with Crippen LogP contribution < -0.4 is 10.1 Å². The first-order chi connectivity index (χ1) is 16.3. The molecule has 0 aliphatic rings. The third kappa shape index (κ3) is 5.57. The van der Waals surface area contributed by atoms with E-state index in [1.807, 2.05) is 6.07 Å². The summed E-state index contributed by atoms with van der Waals surface area (Å²) >= 11 is 0. The highest BCUT2D eigenvalue weighted by Gasteiger charge is 2.14. The third-order valence-electron chi connectivity index (χ3n) is 4.37. The molecule has 0 aliphatic carbocycles. The van der Waals surface area contributed by atoms with E-state index in [-0.39, 0.29) is 39.7 Å². The fourth-order valence-corrected chi connectivity index (χ4v) is 2.81. The van der Waals surface area contributed by atoms with Crippen LogP contribution in [-0.2, 0) is 4.79 Å². The van der Waals surface area contributed by atoms with E-state index in [1.54, 1.807) is 24.3 Å². The van der Waals surface area contributed by atoms with Crippen LogP contribution in [0, 0.1) is 42.9 Å². The fraction of sp³-hybridized carbons (Fsp3) is 0. The number of hydrogen-bond donors (Lipinski definition) is 1. The monoisotopic (exact) mass is 455 g/mol. The second-order valence-electron chi connectivity index (χ2n) is 6.66. The van der Waals surface area contributed by atoms with Gasteiger partial charge < -0.3 is 10.1 Å². The minimum atomic E-state index is -0.767. The summed E-state index contributed by atoms with van der Waals surface area (Å²) < 4.78 is 5.66. The molecule has 0 unspecified atom stereocenters. The second kappa shape index (κ2) is 10.2. The number of ether oxygens (including phenoxy) is 1.